The molecule has 0 aliphatic rings. The van der Waals surface area contributed by atoms with E-state index in [-0.39, 0.29) is 11.1 Å². The van der Waals surface area contributed by atoms with Gasteiger partial charge < -0.3 is 15.7 Å². The summed E-state index contributed by atoms with van der Waals surface area (Å²) in [6, 6.07) is 1.89. The summed E-state index contributed by atoms with van der Waals surface area (Å²) in [5, 5.41) is 14.4. The normalized spacial score (nSPS) is 12.3. The van der Waals surface area contributed by atoms with Crippen LogP contribution in [-0.4, -0.2) is 36.8 Å². The number of halogens is 2. The van der Waals surface area contributed by atoms with E-state index < -0.39 is 23.6 Å². The van der Waals surface area contributed by atoms with Crippen LogP contribution in [0.1, 0.15) is 22.8 Å². The number of hydrogen-bond acceptors (Lipinski definition) is 3. The predicted octanol–water partition coefficient (Wildman–Crippen LogP) is 0.973. The monoisotopic (exact) mass is 272 g/mol. The van der Waals surface area contributed by atoms with E-state index in [1.807, 2.05) is 0 Å². The van der Waals surface area contributed by atoms with Gasteiger partial charge in [0.15, 0.2) is 0 Å². The van der Waals surface area contributed by atoms with Crippen molar-refractivity contribution in [2.75, 3.05) is 19.6 Å². The zero-order valence-corrected chi connectivity index (χ0v) is 11.0. The largest absolute Gasteiger partial charge is 0.392 e. The average Bonchev–Trinajstić information content (AvgIpc) is 2.32. The van der Waals surface area contributed by atoms with E-state index in [2.05, 4.69) is 10.6 Å². The number of amides is 1. The number of carbonyl (C=O) groups is 1. The van der Waals surface area contributed by atoms with Crippen molar-refractivity contribution in [2.24, 2.45) is 0 Å². The molecule has 19 heavy (non-hydrogen) atoms. The fraction of sp³-hybridized carbons (Fsp3) is 0.462. The lowest BCUT2D eigenvalue weighted by atomic mass is 10.1. The third kappa shape index (κ3) is 4.92. The topological polar surface area (TPSA) is 61.4 Å². The van der Waals surface area contributed by atoms with Crippen LogP contribution in [0.15, 0.2) is 12.1 Å². The van der Waals surface area contributed by atoms with E-state index in [1.165, 1.54) is 13.0 Å². The van der Waals surface area contributed by atoms with Crippen LogP contribution in [0.3, 0.4) is 0 Å². The van der Waals surface area contributed by atoms with Gasteiger partial charge in [-0.15, -0.1) is 0 Å². The van der Waals surface area contributed by atoms with Gasteiger partial charge in [0.1, 0.15) is 11.6 Å². The van der Waals surface area contributed by atoms with Gasteiger partial charge in [0, 0.05) is 25.7 Å². The van der Waals surface area contributed by atoms with Crippen LogP contribution in [0.4, 0.5) is 8.78 Å². The maximum atomic E-state index is 13.4. The molecule has 6 heteroatoms. The van der Waals surface area contributed by atoms with Crippen molar-refractivity contribution < 1.29 is 18.7 Å². The summed E-state index contributed by atoms with van der Waals surface area (Å²) in [7, 11) is 0. The molecule has 0 radical (unpaired) electrons. The molecule has 1 aromatic rings. The fourth-order valence-electron chi connectivity index (χ4n) is 1.50. The second kappa shape index (κ2) is 7.16. The Morgan fingerprint density at radius 1 is 1.32 bits per heavy atom. The molecule has 1 unspecified atom stereocenters. The van der Waals surface area contributed by atoms with Gasteiger partial charge in [-0.3, -0.25) is 4.79 Å². The summed E-state index contributed by atoms with van der Waals surface area (Å²) >= 11 is 0. The van der Waals surface area contributed by atoms with Crippen LogP contribution >= 0.6 is 0 Å². The summed E-state index contributed by atoms with van der Waals surface area (Å²) in [5.74, 6) is -2.13. The Hall–Kier alpha value is -1.53. The highest BCUT2D eigenvalue weighted by molar-refractivity contribution is 5.94. The van der Waals surface area contributed by atoms with Gasteiger partial charge >= 0.3 is 0 Å². The van der Waals surface area contributed by atoms with E-state index in [4.69, 9.17) is 5.11 Å². The molecule has 0 heterocycles. The molecule has 4 nitrogen and oxygen atoms in total. The number of aryl methyl sites for hydroxylation is 1. The highest BCUT2D eigenvalue weighted by Crippen LogP contribution is 2.13. The lowest BCUT2D eigenvalue weighted by Gasteiger charge is -2.09. The average molecular weight is 272 g/mol. The SMILES string of the molecule is Cc1cc(C(=O)NCCNCC(C)O)c(F)cc1F. The summed E-state index contributed by atoms with van der Waals surface area (Å²) in [6.07, 6.45) is -0.465. The fourth-order valence-corrected chi connectivity index (χ4v) is 1.50. The number of hydrogen-bond donors (Lipinski definition) is 3. The number of aliphatic hydroxyl groups is 1. The summed E-state index contributed by atoms with van der Waals surface area (Å²) in [5.41, 5.74) is 0.0493. The lowest BCUT2D eigenvalue weighted by molar-refractivity contribution is 0.0949. The molecular weight excluding hydrogens is 254 g/mol. The maximum absolute atomic E-state index is 13.4. The van der Waals surface area contributed by atoms with Crippen LogP contribution in [0.25, 0.3) is 0 Å². The number of rotatable bonds is 6. The number of benzene rings is 1. The van der Waals surface area contributed by atoms with Crippen LogP contribution in [-0.2, 0) is 0 Å². The molecular formula is C13H18F2N2O2. The Morgan fingerprint density at radius 3 is 2.63 bits per heavy atom. The van der Waals surface area contributed by atoms with Crippen LogP contribution in [0.5, 0.6) is 0 Å². The van der Waals surface area contributed by atoms with Gasteiger partial charge in [0.2, 0.25) is 0 Å². The van der Waals surface area contributed by atoms with Gasteiger partial charge in [0.25, 0.3) is 5.91 Å². The minimum atomic E-state index is -0.877. The Balaban J connectivity index is 2.48. The first-order chi connectivity index (χ1) is 8.91. The Bertz CT molecular complexity index is 451. The van der Waals surface area contributed by atoms with Gasteiger partial charge in [-0.25, -0.2) is 8.78 Å². The summed E-state index contributed by atoms with van der Waals surface area (Å²) in [6.45, 7) is 4.28. The molecule has 1 amide bonds. The summed E-state index contributed by atoms with van der Waals surface area (Å²) < 4.78 is 26.5. The Kier molecular flexibility index (Phi) is 5.85. The zero-order chi connectivity index (χ0) is 14.4. The van der Waals surface area contributed by atoms with Gasteiger partial charge in [0.05, 0.1) is 11.7 Å². The minimum Gasteiger partial charge on any atom is -0.392 e. The van der Waals surface area contributed by atoms with Crippen molar-refractivity contribution in [1.82, 2.24) is 10.6 Å². The van der Waals surface area contributed by atoms with Crippen LogP contribution < -0.4 is 10.6 Å². The van der Waals surface area contributed by atoms with Crippen molar-refractivity contribution in [1.29, 1.82) is 0 Å². The number of nitrogens with one attached hydrogen (secondary N) is 2. The van der Waals surface area contributed by atoms with Crippen molar-refractivity contribution in [3.05, 3.63) is 34.9 Å². The van der Waals surface area contributed by atoms with E-state index >= 15 is 0 Å². The molecule has 0 spiro atoms. The quantitative estimate of drug-likeness (QED) is 0.676. The van der Waals surface area contributed by atoms with Crippen LogP contribution in [0, 0.1) is 18.6 Å². The molecule has 1 rings (SSSR count). The molecule has 0 aliphatic heterocycles. The van der Waals surface area contributed by atoms with Gasteiger partial charge in [-0.2, -0.15) is 0 Å². The summed E-state index contributed by atoms with van der Waals surface area (Å²) in [4.78, 5) is 11.7. The first-order valence-corrected chi connectivity index (χ1v) is 6.04. The molecule has 0 bridgehead atoms. The Morgan fingerprint density at radius 2 is 2.00 bits per heavy atom. The lowest BCUT2D eigenvalue weighted by Crippen LogP contribution is -2.34. The molecule has 106 valence electrons. The van der Waals surface area contributed by atoms with E-state index in [1.54, 1.807) is 6.92 Å². The van der Waals surface area contributed by atoms with Crippen molar-refractivity contribution >= 4 is 5.91 Å². The standard InChI is InChI=1S/C13H18F2N2O2/c1-8-5-10(12(15)6-11(8)14)13(19)17-4-3-16-7-9(2)18/h5-6,9,16,18H,3-4,7H2,1-2H3,(H,17,19). The molecule has 1 atom stereocenters. The van der Waals surface area contributed by atoms with E-state index in [0.717, 1.165) is 0 Å². The van der Waals surface area contributed by atoms with Gasteiger partial charge in [-0.1, -0.05) is 0 Å². The number of carbonyl (C=O) groups excluding carboxylic acids is 1. The highest BCUT2D eigenvalue weighted by atomic mass is 19.1. The first kappa shape index (κ1) is 15.5. The molecule has 0 saturated carbocycles. The molecule has 0 aromatic heterocycles. The molecule has 1 aromatic carbocycles. The van der Waals surface area contributed by atoms with Crippen LogP contribution in [0.2, 0.25) is 0 Å². The van der Waals surface area contributed by atoms with Crippen molar-refractivity contribution in [2.45, 2.75) is 20.0 Å². The molecule has 0 fully saturated rings. The smallest absolute Gasteiger partial charge is 0.254 e. The second-order valence-electron chi connectivity index (χ2n) is 4.39. The third-order valence-electron chi connectivity index (χ3n) is 2.52. The molecule has 0 aliphatic carbocycles. The zero-order valence-electron chi connectivity index (χ0n) is 11.0. The minimum absolute atomic E-state index is 0.172. The predicted molar refractivity (Wildman–Crippen MR) is 68.0 cm³/mol. The Labute approximate surface area is 110 Å². The maximum Gasteiger partial charge on any atom is 0.254 e. The van der Waals surface area contributed by atoms with Crippen molar-refractivity contribution in [3.8, 4) is 0 Å². The highest BCUT2D eigenvalue weighted by Gasteiger charge is 2.13. The molecule has 3 N–H and O–H groups in total. The molecule has 0 saturated heterocycles. The third-order valence-corrected chi connectivity index (χ3v) is 2.52. The van der Waals surface area contributed by atoms with E-state index in [9.17, 15) is 13.6 Å². The first-order valence-electron chi connectivity index (χ1n) is 6.04. The van der Waals surface area contributed by atoms with E-state index in [0.29, 0.717) is 25.7 Å². The van der Waals surface area contributed by atoms with Crippen molar-refractivity contribution in [3.63, 3.8) is 0 Å². The number of aliphatic hydroxyl groups excluding tert-OH is 1. The second-order valence-corrected chi connectivity index (χ2v) is 4.39. The van der Waals surface area contributed by atoms with Gasteiger partial charge in [-0.05, 0) is 25.5 Å².